The molecule has 3 N–H and O–H groups in total. The number of terminal acetylenes is 2. The lowest BCUT2D eigenvalue weighted by atomic mass is 10.0. The lowest BCUT2D eigenvalue weighted by Crippen LogP contribution is -2.01. The second-order valence-corrected chi connectivity index (χ2v) is 13.1. The molecule has 0 aliphatic rings. The molecule has 0 fully saturated rings. The molecule has 3 heteroatoms. The molecule has 3 atom stereocenters. The van der Waals surface area contributed by atoms with Crippen LogP contribution < -0.4 is 0 Å². The Kier molecular flexibility index (Phi) is 37.2. The Labute approximate surface area is 303 Å². The monoisotopic (exact) mass is 671 g/mol. The molecule has 3 nitrogen and oxygen atoms in total. The number of hydrogen-bond donors (Lipinski definition) is 3. The normalized spacial score (nSPS) is 13.2. The zero-order chi connectivity index (χ0) is 35.7. The van der Waals surface area contributed by atoms with Crippen molar-refractivity contribution in [1.82, 2.24) is 0 Å². The molecule has 49 heavy (non-hydrogen) atoms. The van der Waals surface area contributed by atoms with Crippen LogP contribution in [0.4, 0.5) is 0 Å². The van der Waals surface area contributed by atoms with Crippen LogP contribution in [0.15, 0.2) is 48.6 Å². The summed E-state index contributed by atoms with van der Waals surface area (Å²) in [4.78, 5) is 0. The van der Waals surface area contributed by atoms with Crippen LogP contribution in [0.2, 0.25) is 0 Å². The fourth-order valence-corrected chi connectivity index (χ4v) is 5.43. The van der Waals surface area contributed by atoms with Gasteiger partial charge in [0.15, 0.2) is 6.10 Å². The lowest BCUT2D eigenvalue weighted by molar-refractivity contribution is 0.207. The Hall–Kier alpha value is -2.92. The Bertz CT molecular complexity index is 1060. The van der Waals surface area contributed by atoms with E-state index in [1.54, 1.807) is 6.08 Å². The maximum atomic E-state index is 10.2. The van der Waals surface area contributed by atoms with Crippen LogP contribution in [0.5, 0.6) is 0 Å². The van der Waals surface area contributed by atoms with E-state index in [4.69, 9.17) is 12.8 Å². The maximum Gasteiger partial charge on any atom is 0.176 e. The van der Waals surface area contributed by atoms with E-state index in [1.807, 2.05) is 18.2 Å². The van der Waals surface area contributed by atoms with E-state index in [1.165, 1.54) is 70.6 Å². The van der Waals surface area contributed by atoms with Gasteiger partial charge in [0.25, 0.3) is 0 Å². The van der Waals surface area contributed by atoms with Crippen molar-refractivity contribution >= 4 is 0 Å². The van der Waals surface area contributed by atoms with Gasteiger partial charge < -0.3 is 15.3 Å². The molecule has 0 saturated carbocycles. The Balaban J connectivity index is 3.51. The topological polar surface area (TPSA) is 60.7 Å². The number of unbranched alkanes of at least 4 members (excludes halogenated alkanes) is 22. The summed E-state index contributed by atoms with van der Waals surface area (Å²) >= 11 is 0. The van der Waals surface area contributed by atoms with Crippen molar-refractivity contribution in [3.63, 3.8) is 0 Å². The SMILES string of the molecule is C#C/C=C\CCCCCCCCCCCCCCC(O)/C=C/CCC/C=C\CCCCC#C[C@H](O)C#CCCCCCC/C=C/[C@H](O)C#C. The average molecular weight is 671 g/mol. The molecule has 272 valence electrons. The highest BCUT2D eigenvalue weighted by Gasteiger charge is 1.99. The quantitative estimate of drug-likeness (QED) is 0.0391. The van der Waals surface area contributed by atoms with Crippen molar-refractivity contribution in [3.8, 4) is 48.4 Å². The molecule has 0 aliphatic heterocycles. The van der Waals surface area contributed by atoms with Crippen LogP contribution in [-0.4, -0.2) is 33.6 Å². The molecule has 0 rings (SSSR count). The van der Waals surface area contributed by atoms with Crippen LogP contribution in [0.1, 0.15) is 173 Å². The van der Waals surface area contributed by atoms with Gasteiger partial charge in [0.1, 0.15) is 6.10 Å². The second-order valence-electron chi connectivity index (χ2n) is 13.1. The van der Waals surface area contributed by atoms with E-state index < -0.39 is 12.2 Å². The van der Waals surface area contributed by atoms with Crippen molar-refractivity contribution < 1.29 is 15.3 Å². The van der Waals surface area contributed by atoms with Gasteiger partial charge in [0.05, 0.1) is 6.10 Å². The van der Waals surface area contributed by atoms with Gasteiger partial charge in [-0.25, -0.2) is 0 Å². The first-order valence-electron chi connectivity index (χ1n) is 19.7. The van der Waals surface area contributed by atoms with E-state index in [2.05, 4.69) is 59.8 Å². The highest BCUT2D eigenvalue weighted by molar-refractivity contribution is 5.19. The van der Waals surface area contributed by atoms with Crippen molar-refractivity contribution in [2.45, 2.75) is 192 Å². The third-order valence-corrected chi connectivity index (χ3v) is 8.41. The molecule has 0 radical (unpaired) electrons. The zero-order valence-corrected chi connectivity index (χ0v) is 30.9. The standard InChI is InChI=1S/C46H70O3/c1-3-5-6-7-8-9-10-11-12-13-14-16-19-25-30-35-40-45(48)41-36-31-26-20-17-15-18-21-27-32-37-42-46(49)43-38-33-28-23-22-24-29-34-39-44(47)4-2/h1-2,5-6,15,17,34,36,39,41,44-49H,7-14,16,18-33,35,40H2/b6-5-,17-15-,39-34+,41-36+/t44-,45?,46+/m1/s1. The highest BCUT2D eigenvalue weighted by Crippen LogP contribution is 2.14. The number of allylic oxidation sites excluding steroid dienone is 6. The summed E-state index contributed by atoms with van der Waals surface area (Å²) in [6, 6.07) is 0. The molecule has 1 unspecified atom stereocenters. The summed E-state index contributed by atoms with van der Waals surface area (Å²) in [5.74, 6) is 16.6. The van der Waals surface area contributed by atoms with Gasteiger partial charge >= 0.3 is 0 Å². The fraction of sp³-hybridized carbons (Fsp3) is 0.652. The van der Waals surface area contributed by atoms with E-state index in [-0.39, 0.29) is 6.10 Å². The number of rotatable bonds is 31. The first kappa shape index (κ1) is 46.1. The fourth-order valence-electron chi connectivity index (χ4n) is 5.43. The van der Waals surface area contributed by atoms with Gasteiger partial charge in [0.2, 0.25) is 0 Å². The largest absolute Gasteiger partial charge is 0.389 e. The third kappa shape index (κ3) is 39.4. The summed E-state index contributed by atoms with van der Waals surface area (Å²) in [5.41, 5.74) is 0. The molecule has 0 amide bonds. The summed E-state index contributed by atoms with van der Waals surface area (Å²) in [7, 11) is 0. The first-order valence-corrected chi connectivity index (χ1v) is 19.7. The minimum absolute atomic E-state index is 0.294. The van der Waals surface area contributed by atoms with Crippen LogP contribution in [0.25, 0.3) is 0 Å². The average Bonchev–Trinajstić information content (AvgIpc) is 3.10. The molecule has 0 heterocycles. The molecular weight excluding hydrogens is 601 g/mol. The van der Waals surface area contributed by atoms with Gasteiger partial charge in [0, 0.05) is 12.8 Å². The minimum Gasteiger partial charge on any atom is -0.389 e. The van der Waals surface area contributed by atoms with E-state index in [0.717, 1.165) is 103 Å². The van der Waals surface area contributed by atoms with Crippen LogP contribution >= 0.6 is 0 Å². The summed E-state index contributed by atoms with van der Waals surface area (Å²) in [6.45, 7) is 0. The van der Waals surface area contributed by atoms with Crippen molar-refractivity contribution in [2.75, 3.05) is 0 Å². The van der Waals surface area contributed by atoms with Crippen molar-refractivity contribution in [3.05, 3.63) is 48.6 Å². The van der Waals surface area contributed by atoms with E-state index >= 15 is 0 Å². The van der Waals surface area contributed by atoms with Gasteiger partial charge in [-0.1, -0.05) is 155 Å². The Morgan fingerprint density at radius 3 is 1.47 bits per heavy atom. The predicted molar refractivity (Wildman–Crippen MR) is 212 cm³/mol. The Morgan fingerprint density at radius 2 is 0.878 bits per heavy atom. The molecule has 0 aromatic heterocycles. The Morgan fingerprint density at radius 1 is 0.449 bits per heavy atom. The van der Waals surface area contributed by atoms with Crippen molar-refractivity contribution in [1.29, 1.82) is 0 Å². The molecule has 0 aromatic carbocycles. The van der Waals surface area contributed by atoms with Crippen LogP contribution in [0.3, 0.4) is 0 Å². The summed E-state index contributed by atoms with van der Waals surface area (Å²) in [5, 5.41) is 29.4. The third-order valence-electron chi connectivity index (χ3n) is 8.41. The van der Waals surface area contributed by atoms with Gasteiger partial charge in [-0.05, 0) is 89.2 Å². The van der Waals surface area contributed by atoms with Crippen LogP contribution in [0, 0.1) is 48.4 Å². The molecule has 0 aromatic rings. The minimum atomic E-state index is -0.850. The number of hydrogen-bond acceptors (Lipinski definition) is 3. The van der Waals surface area contributed by atoms with Crippen molar-refractivity contribution in [2.24, 2.45) is 0 Å². The molecule has 0 aliphatic carbocycles. The smallest absolute Gasteiger partial charge is 0.176 e. The zero-order valence-electron chi connectivity index (χ0n) is 30.9. The first-order chi connectivity index (χ1) is 24.1. The highest BCUT2D eigenvalue weighted by atomic mass is 16.3. The maximum absolute atomic E-state index is 10.2. The number of aliphatic hydroxyl groups excluding tert-OH is 3. The summed E-state index contributed by atoms with van der Waals surface area (Å²) in [6.07, 6.45) is 55.6. The van der Waals surface area contributed by atoms with Gasteiger partial charge in [-0.3, -0.25) is 0 Å². The molecule has 0 spiro atoms. The van der Waals surface area contributed by atoms with Gasteiger partial charge in [-0.2, -0.15) is 0 Å². The molecule has 0 bridgehead atoms. The molecular formula is C46H70O3. The lowest BCUT2D eigenvalue weighted by Gasteiger charge is -2.06. The van der Waals surface area contributed by atoms with Gasteiger partial charge in [-0.15, -0.1) is 12.8 Å². The van der Waals surface area contributed by atoms with E-state index in [0.29, 0.717) is 0 Å². The second kappa shape index (κ2) is 39.5. The summed E-state index contributed by atoms with van der Waals surface area (Å²) < 4.78 is 0. The van der Waals surface area contributed by atoms with Crippen LogP contribution in [-0.2, 0) is 0 Å². The molecule has 0 saturated heterocycles. The van der Waals surface area contributed by atoms with E-state index in [9.17, 15) is 15.3 Å². The number of aliphatic hydroxyl groups is 3. The predicted octanol–water partition coefficient (Wildman–Crippen LogP) is 11.1.